The van der Waals surface area contributed by atoms with E-state index in [2.05, 4.69) is 37.9 Å². The lowest BCUT2D eigenvalue weighted by molar-refractivity contribution is -0.0817. The molecule has 0 spiro atoms. The van der Waals surface area contributed by atoms with Crippen molar-refractivity contribution in [3.05, 3.63) is 34.0 Å². The minimum absolute atomic E-state index is 0.0991. The molecule has 2 atom stereocenters. The quantitative estimate of drug-likeness (QED) is 0.604. The van der Waals surface area contributed by atoms with E-state index in [1.807, 2.05) is 18.5 Å². The maximum atomic E-state index is 6.00. The van der Waals surface area contributed by atoms with Crippen molar-refractivity contribution in [3.63, 3.8) is 0 Å². The van der Waals surface area contributed by atoms with Crippen molar-refractivity contribution >= 4 is 17.3 Å². The molecule has 2 aromatic heterocycles. The smallest absolute Gasteiger partial charge is 0.194 e. The molecular weight excluding hydrogens is 376 g/mol. The molecule has 2 fully saturated rings. The number of rotatable bonds is 5. The Balaban J connectivity index is 1.47. The van der Waals surface area contributed by atoms with Crippen LogP contribution >= 0.6 is 11.3 Å². The Morgan fingerprint density at radius 2 is 2.21 bits per heavy atom. The van der Waals surface area contributed by atoms with E-state index < -0.39 is 0 Å². The minimum Gasteiger partial charge on any atom is -0.375 e. The first-order valence-electron chi connectivity index (χ1n) is 9.84. The zero-order chi connectivity index (χ0) is 19.3. The SMILES string of the molecule is Cc1nnc(CN=C(NCc2cccs2)N2CCOC(C3CCCO3)C2)n1C. The number of aryl methyl sites for hydroxylation is 1. The van der Waals surface area contributed by atoms with E-state index in [0.717, 1.165) is 56.7 Å². The van der Waals surface area contributed by atoms with Gasteiger partial charge in [0.25, 0.3) is 0 Å². The molecule has 0 saturated carbocycles. The third-order valence-electron chi connectivity index (χ3n) is 5.33. The van der Waals surface area contributed by atoms with Gasteiger partial charge in [0.15, 0.2) is 11.8 Å². The Hall–Kier alpha value is -1.97. The number of nitrogens with one attached hydrogen (secondary N) is 1. The fraction of sp³-hybridized carbons (Fsp3) is 0.632. The maximum Gasteiger partial charge on any atom is 0.194 e. The lowest BCUT2D eigenvalue weighted by atomic mass is 10.1. The largest absolute Gasteiger partial charge is 0.375 e. The Morgan fingerprint density at radius 1 is 1.32 bits per heavy atom. The normalized spacial score (nSPS) is 23.4. The molecule has 8 nitrogen and oxygen atoms in total. The van der Waals surface area contributed by atoms with Crippen molar-refractivity contribution in [1.82, 2.24) is 25.0 Å². The molecule has 2 aromatic rings. The van der Waals surface area contributed by atoms with Gasteiger partial charge in [0, 0.05) is 31.6 Å². The van der Waals surface area contributed by atoms with Crippen LogP contribution in [0.2, 0.25) is 0 Å². The third-order valence-corrected chi connectivity index (χ3v) is 6.20. The van der Waals surface area contributed by atoms with Crippen molar-refractivity contribution in [2.75, 3.05) is 26.3 Å². The van der Waals surface area contributed by atoms with Gasteiger partial charge in [-0.05, 0) is 31.2 Å². The highest BCUT2D eigenvalue weighted by atomic mass is 32.1. The van der Waals surface area contributed by atoms with E-state index in [1.165, 1.54) is 4.88 Å². The van der Waals surface area contributed by atoms with Crippen LogP contribution in [0.1, 0.15) is 29.4 Å². The molecule has 0 amide bonds. The monoisotopic (exact) mass is 404 g/mol. The van der Waals surface area contributed by atoms with Crippen LogP contribution in [0.5, 0.6) is 0 Å². The maximum absolute atomic E-state index is 6.00. The summed E-state index contributed by atoms with van der Waals surface area (Å²) in [4.78, 5) is 8.44. The summed E-state index contributed by atoms with van der Waals surface area (Å²) >= 11 is 1.75. The van der Waals surface area contributed by atoms with Gasteiger partial charge in [-0.2, -0.15) is 0 Å². The van der Waals surface area contributed by atoms with Crippen LogP contribution in [0.15, 0.2) is 22.5 Å². The Kier molecular flexibility index (Phi) is 6.23. The molecule has 0 aromatic carbocycles. The molecule has 9 heteroatoms. The number of ether oxygens (including phenoxy) is 2. The molecule has 28 heavy (non-hydrogen) atoms. The predicted octanol–water partition coefficient (Wildman–Crippen LogP) is 1.71. The second kappa shape index (κ2) is 9.02. The first-order valence-corrected chi connectivity index (χ1v) is 10.7. The Bertz CT molecular complexity index is 784. The molecule has 4 heterocycles. The van der Waals surface area contributed by atoms with Crippen molar-refractivity contribution in [1.29, 1.82) is 0 Å². The zero-order valence-electron chi connectivity index (χ0n) is 16.5. The van der Waals surface area contributed by atoms with E-state index in [4.69, 9.17) is 14.5 Å². The second-order valence-electron chi connectivity index (χ2n) is 7.20. The van der Waals surface area contributed by atoms with Gasteiger partial charge in [-0.25, -0.2) is 4.99 Å². The van der Waals surface area contributed by atoms with E-state index in [9.17, 15) is 0 Å². The van der Waals surface area contributed by atoms with Crippen molar-refractivity contribution < 1.29 is 9.47 Å². The topological polar surface area (TPSA) is 76.8 Å². The van der Waals surface area contributed by atoms with Gasteiger partial charge in [-0.1, -0.05) is 6.07 Å². The lowest BCUT2D eigenvalue weighted by Gasteiger charge is -2.37. The van der Waals surface area contributed by atoms with Gasteiger partial charge in [0.1, 0.15) is 18.5 Å². The molecule has 2 aliphatic heterocycles. The van der Waals surface area contributed by atoms with E-state index in [-0.39, 0.29) is 12.2 Å². The fourth-order valence-electron chi connectivity index (χ4n) is 3.57. The third kappa shape index (κ3) is 4.53. The molecule has 0 radical (unpaired) electrons. The van der Waals surface area contributed by atoms with Gasteiger partial charge in [0.05, 0.1) is 19.3 Å². The number of aromatic nitrogens is 3. The van der Waals surface area contributed by atoms with Gasteiger partial charge in [-0.15, -0.1) is 21.5 Å². The Morgan fingerprint density at radius 3 is 2.93 bits per heavy atom. The van der Waals surface area contributed by atoms with Gasteiger partial charge in [-0.3, -0.25) is 0 Å². The fourth-order valence-corrected chi connectivity index (χ4v) is 4.21. The molecule has 0 bridgehead atoms. The first-order chi connectivity index (χ1) is 13.7. The summed E-state index contributed by atoms with van der Waals surface area (Å²) in [5, 5.41) is 14.0. The highest BCUT2D eigenvalue weighted by Crippen LogP contribution is 2.21. The highest BCUT2D eigenvalue weighted by Gasteiger charge is 2.32. The van der Waals surface area contributed by atoms with Crippen molar-refractivity contribution in [2.45, 2.75) is 45.1 Å². The van der Waals surface area contributed by atoms with Crippen LogP contribution in [-0.2, 0) is 29.6 Å². The summed E-state index contributed by atoms with van der Waals surface area (Å²) in [7, 11) is 1.97. The summed E-state index contributed by atoms with van der Waals surface area (Å²) < 4.78 is 13.8. The van der Waals surface area contributed by atoms with Crippen LogP contribution in [-0.4, -0.2) is 64.1 Å². The second-order valence-corrected chi connectivity index (χ2v) is 8.23. The molecule has 2 saturated heterocycles. The number of morpholine rings is 1. The number of nitrogens with zero attached hydrogens (tertiary/aromatic N) is 5. The molecule has 4 rings (SSSR count). The van der Waals surface area contributed by atoms with E-state index >= 15 is 0 Å². The zero-order valence-corrected chi connectivity index (χ0v) is 17.3. The average Bonchev–Trinajstić information content (AvgIpc) is 3.47. The molecule has 2 unspecified atom stereocenters. The number of hydrogen-bond donors (Lipinski definition) is 1. The van der Waals surface area contributed by atoms with Crippen LogP contribution in [0.3, 0.4) is 0 Å². The Labute approximate surface area is 169 Å². The summed E-state index contributed by atoms with van der Waals surface area (Å²) in [5.74, 6) is 2.64. The molecule has 152 valence electrons. The highest BCUT2D eigenvalue weighted by molar-refractivity contribution is 7.09. The van der Waals surface area contributed by atoms with Crippen molar-refractivity contribution in [3.8, 4) is 0 Å². The summed E-state index contributed by atoms with van der Waals surface area (Å²) in [6.45, 7) is 6.34. The van der Waals surface area contributed by atoms with Crippen LogP contribution in [0, 0.1) is 6.92 Å². The number of thiophene rings is 1. The number of aliphatic imine (C=N–C) groups is 1. The van der Waals surface area contributed by atoms with Gasteiger partial charge >= 0.3 is 0 Å². The molecular formula is C19H28N6O2S. The molecule has 0 aliphatic carbocycles. The summed E-state index contributed by atoms with van der Waals surface area (Å²) in [6.07, 6.45) is 2.49. The predicted molar refractivity (Wildman–Crippen MR) is 108 cm³/mol. The van der Waals surface area contributed by atoms with Crippen LogP contribution < -0.4 is 5.32 Å². The van der Waals surface area contributed by atoms with Crippen molar-refractivity contribution in [2.24, 2.45) is 12.0 Å². The van der Waals surface area contributed by atoms with Crippen LogP contribution in [0.4, 0.5) is 0 Å². The average molecular weight is 405 g/mol. The van der Waals surface area contributed by atoms with Crippen LogP contribution in [0.25, 0.3) is 0 Å². The number of guanidine groups is 1. The minimum atomic E-state index is 0.0991. The van der Waals surface area contributed by atoms with E-state index in [1.54, 1.807) is 11.3 Å². The molecule has 1 N–H and O–H groups in total. The van der Waals surface area contributed by atoms with E-state index in [0.29, 0.717) is 13.2 Å². The number of hydrogen-bond acceptors (Lipinski definition) is 6. The standard InChI is InChI=1S/C19H28N6O2S/c1-14-22-23-18(24(14)2)12-21-19(20-11-15-5-4-10-28-15)25-7-9-27-17(13-25)16-6-3-8-26-16/h4-5,10,16-17H,3,6-9,11-13H2,1-2H3,(H,20,21). The van der Waals surface area contributed by atoms with Gasteiger partial charge in [0.2, 0.25) is 0 Å². The summed E-state index contributed by atoms with van der Waals surface area (Å²) in [6, 6.07) is 4.21. The molecule has 2 aliphatic rings. The lowest BCUT2D eigenvalue weighted by Crippen LogP contribution is -2.53. The summed E-state index contributed by atoms with van der Waals surface area (Å²) in [5.41, 5.74) is 0. The van der Waals surface area contributed by atoms with Gasteiger partial charge < -0.3 is 24.3 Å². The first kappa shape index (κ1) is 19.4.